The van der Waals surface area contributed by atoms with Gasteiger partial charge in [0.05, 0.1) is 11.4 Å². The van der Waals surface area contributed by atoms with Crippen molar-refractivity contribution in [1.29, 1.82) is 0 Å². The first-order valence-electron chi connectivity index (χ1n) is 8.06. The maximum atomic E-state index is 4.97. The zero-order valence-electron chi connectivity index (χ0n) is 12.9. The van der Waals surface area contributed by atoms with Gasteiger partial charge in [-0.25, -0.2) is 4.98 Å². The molecule has 0 bridgehead atoms. The minimum Gasteiger partial charge on any atom is -0.301 e. The number of nitrogens with one attached hydrogen (secondary N) is 1. The van der Waals surface area contributed by atoms with Gasteiger partial charge in [0.2, 0.25) is 0 Å². The van der Waals surface area contributed by atoms with E-state index >= 15 is 0 Å². The zero-order chi connectivity index (χ0) is 15.5. The topological polar surface area (TPSA) is 37.8 Å². The Morgan fingerprint density at radius 3 is 2.57 bits per heavy atom. The molecule has 1 atom stereocenters. The fourth-order valence-electron chi connectivity index (χ4n) is 3.27. The van der Waals surface area contributed by atoms with Crippen LogP contribution < -0.4 is 5.32 Å². The second kappa shape index (κ2) is 6.22. The highest BCUT2D eigenvalue weighted by atomic mass is 32.1. The number of pyridine rings is 1. The third-order valence-corrected chi connectivity index (χ3v) is 5.36. The van der Waals surface area contributed by atoms with Crippen LogP contribution in [0, 0.1) is 0 Å². The van der Waals surface area contributed by atoms with Crippen molar-refractivity contribution in [3.05, 3.63) is 71.5 Å². The van der Waals surface area contributed by atoms with E-state index in [-0.39, 0.29) is 5.54 Å². The van der Waals surface area contributed by atoms with Gasteiger partial charge in [-0.15, -0.1) is 11.3 Å². The zero-order valence-corrected chi connectivity index (χ0v) is 13.7. The lowest BCUT2D eigenvalue weighted by molar-refractivity contribution is 0.297. The average Bonchev–Trinajstić information content (AvgIpc) is 3.14. The fraction of sp³-hybridized carbons (Fsp3) is 0.263. The number of hydrogen-bond donors (Lipinski definition) is 1. The van der Waals surface area contributed by atoms with Gasteiger partial charge in [-0.05, 0) is 37.9 Å². The van der Waals surface area contributed by atoms with Crippen LogP contribution in [0.4, 0.5) is 0 Å². The van der Waals surface area contributed by atoms with Gasteiger partial charge in [0.15, 0.2) is 0 Å². The number of piperidine rings is 1. The predicted octanol–water partition coefficient (Wildman–Crippen LogP) is 4.22. The smallest absolute Gasteiger partial charge is 0.123 e. The summed E-state index contributed by atoms with van der Waals surface area (Å²) in [5, 5.41) is 6.97. The lowest BCUT2D eigenvalue weighted by atomic mass is 9.83. The molecule has 0 spiro atoms. The van der Waals surface area contributed by atoms with E-state index in [0.29, 0.717) is 0 Å². The van der Waals surface area contributed by atoms with E-state index in [9.17, 15) is 0 Å². The van der Waals surface area contributed by atoms with E-state index in [1.54, 1.807) is 11.3 Å². The van der Waals surface area contributed by atoms with Crippen LogP contribution in [-0.4, -0.2) is 16.5 Å². The molecule has 0 aliphatic carbocycles. The van der Waals surface area contributed by atoms with Gasteiger partial charge in [-0.1, -0.05) is 36.4 Å². The largest absolute Gasteiger partial charge is 0.301 e. The van der Waals surface area contributed by atoms with Gasteiger partial charge in [-0.3, -0.25) is 4.98 Å². The van der Waals surface area contributed by atoms with Crippen LogP contribution in [0.1, 0.15) is 30.7 Å². The Hall–Kier alpha value is -2.04. The minimum absolute atomic E-state index is 0.247. The molecule has 1 aromatic carbocycles. The maximum Gasteiger partial charge on any atom is 0.123 e. The Balaban J connectivity index is 1.78. The quantitative estimate of drug-likeness (QED) is 0.785. The molecule has 1 aliphatic rings. The lowest BCUT2D eigenvalue weighted by Gasteiger charge is -2.36. The van der Waals surface area contributed by atoms with Crippen LogP contribution >= 0.6 is 11.3 Å². The Labute approximate surface area is 140 Å². The standard InChI is InChI=1S/C19H19N3S/c1-2-8-15(9-3-1)18-22-17(14-23-18)19(11-5-7-13-21-19)16-10-4-6-12-20-16/h1-4,6,8-10,12,14,21H,5,7,11,13H2/t19-/m0/s1. The van der Waals surface area contributed by atoms with Gasteiger partial charge in [0, 0.05) is 17.1 Å². The summed E-state index contributed by atoms with van der Waals surface area (Å²) >= 11 is 1.71. The molecular weight excluding hydrogens is 302 g/mol. The molecule has 0 radical (unpaired) electrons. The second-order valence-electron chi connectivity index (χ2n) is 5.91. The molecule has 0 saturated carbocycles. The van der Waals surface area contributed by atoms with Crippen molar-refractivity contribution in [2.75, 3.05) is 6.54 Å². The van der Waals surface area contributed by atoms with Crippen molar-refractivity contribution in [3.8, 4) is 10.6 Å². The van der Waals surface area contributed by atoms with Gasteiger partial charge in [0.25, 0.3) is 0 Å². The number of aromatic nitrogens is 2. The predicted molar refractivity (Wildman–Crippen MR) is 94.4 cm³/mol. The fourth-order valence-corrected chi connectivity index (χ4v) is 4.17. The van der Waals surface area contributed by atoms with Crippen LogP contribution in [-0.2, 0) is 5.54 Å². The summed E-state index contributed by atoms with van der Waals surface area (Å²) < 4.78 is 0. The second-order valence-corrected chi connectivity index (χ2v) is 6.77. The molecule has 3 nitrogen and oxygen atoms in total. The molecule has 23 heavy (non-hydrogen) atoms. The van der Waals surface area contributed by atoms with E-state index < -0.39 is 0 Å². The molecule has 0 unspecified atom stereocenters. The highest BCUT2D eigenvalue weighted by Gasteiger charge is 2.38. The first-order valence-corrected chi connectivity index (χ1v) is 8.94. The summed E-state index contributed by atoms with van der Waals surface area (Å²) in [6.07, 6.45) is 5.33. The third kappa shape index (κ3) is 2.69. The van der Waals surface area contributed by atoms with Crippen LogP contribution in [0.5, 0.6) is 0 Å². The molecule has 1 aliphatic heterocycles. The Morgan fingerprint density at radius 1 is 0.957 bits per heavy atom. The van der Waals surface area contributed by atoms with E-state index in [1.165, 1.54) is 18.4 Å². The molecule has 116 valence electrons. The average molecular weight is 321 g/mol. The molecule has 4 heteroatoms. The van der Waals surface area contributed by atoms with E-state index in [1.807, 2.05) is 18.3 Å². The molecular formula is C19H19N3S. The molecule has 1 saturated heterocycles. The first kappa shape index (κ1) is 14.5. The lowest BCUT2D eigenvalue weighted by Crippen LogP contribution is -2.47. The van der Waals surface area contributed by atoms with Gasteiger partial charge < -0.3 is 5.32 Å². The number of nitrogens with zero attached hydrogens (tertiary/aromatic N) is 2. The SMILES string of the molecule is c1ccc(-c2nc([C@@]3(c4ccccn4)CCCCN3)cs2)cc1. The van der Waals surface area contributed by atoms with Crippen molar-refractivity contribution >= 4 is 11.3 Å². The van der Waals surface area contributed by atoms with Crippen LogP contribution in [0.3, 0.4) is 0 Å². The summed E-state index contributed by atoms with van der Waals surface area (Å²) in [7, 11) is 0. The first-order chi connectivity index (χ1) is 11.4. The van der Waals surface area contributed by atoms with Gasteiger partial charge in [-0.2, -0.15) is 0 Å². The van der Waals surface area contributed by atoms with Crippen molar-refractivity contribution in [1.82, 2.24) is 15.3 Å². The summed E-state index contributed by atoms with van der Waals surface area (Å²) in [6, 6.07) is 16.5. The molecule has 4 rings (SSSR count). The van der Waals surface area contributed by atoms with Crippen LogP contribution in [0.25, 0.3) is 10.6 Å². The van der Waals surface area contributed by atoms with E-state index in [4.69, 9.17) is 4.98 Å². The normalized spacial score (nSPS) is 21.2. The molecule has 1 fully saturated rings. The summed E-state index contributed by atoms with van der Waals surface area (Å²) in [5.41, 5.74) is 3.10. The number of thiazole rings is 1. The maximum absolute atomic E-state index is 4.97. The Morgan fingerprint density at radius 2 is 1.83 bits per heavy atom. The molecule has 1 N–H and O–H groups in total. The summed E-state index contributed by atoms with van der Waals surface area (Å²) in [5.74, 6) is 0. The van der Waals surface area contributed by atoms with E-state index in [2.05, 4.69) is 52.1 Å². The molecule has 2 aromatic heterocycles. The highest BCUT2D eigenvalue weighted by Crippen LogP contribution is 2.38. The Bertz CT molecular complexity index is 762. The summed E-state index contributed by atoms with van der Waals surface area (Å²) in [6.45, 7) is 1.01. The molecule has 0 amide bonds. The van der Waals surface area contributed by atoms with Crippen molar-refractivity contribution in [2.24, 2.45) is 0 Å². The third-order valence-electron chi connectivity index (χ3n) is 4.47. The van der Waals surface area contributed by atoms with Crippen molar-refractivity contribution < 1.29 is 0 Å². The van der Waals surface area contributed by atoms with E-state index in [0.717, 1.165) is 29.4 Å². The van der Waals surface area contributed by atoms with Crippen LogP contribution in [0.2, 0.25) is 0 Å². The number of rotatable bonds is 3. The van der Waals surface area contributed by atoms with Gasteiger partial charge in [0.1, 0.15) is 10.5 Å². The number of benzene rings is 1. The minimum atomic E-state index is -0.247. The number of hydrogen-bond acceptors (Lipinski definition) is 4. The molecule has 3 heterocycles. The van der Waals surface area contributed by atoms with Crippen molar-refractivity contribution in [3.63, 3.8) is 0 Å². The monoisotopic (exact) mass is 321 g/mol. The van der Waals surface area contributed by atoms with Crippen molar-refractivity contribution in [2.45, 2.75) is 24.8 Å². The molecule has 3 aromatic rings. The highest BCUT2D eigenvalue weighted by molar-refractivity contribution is 7.13. The Kier molecular flexibility index (Phi) is 3.93. The summed E-state index contributed by atoms with van der Waals surface area (Å²) in [4.78, 5) is 9.60. The van der Waals surface area contributed by atoms with Crippen LogP contribution in [0.15, 0.2) is 60.1 Å². The van der Waals surface area contributed by atoms with Gasteiger partial charge >= 0.3 is 0 Å².